The standard InChI is InChI=1S/C16H19N3O4S/c1-10-2-3-13(7-15(10)24(21,22)19-12-4-5-12)18-16(20)11-6-14(8-17)23-9-11/h2-3,6-7,9,12,19H,4-5,8,17H2,1H3,(H,18,20). The number of nitrogens with two attached hydrogens (primary N) is 1. The van der Waals surface area contributed by atoms with Gasteiger partial charge >= 0.3 is 0 Å². The fraction of sp³-hybridized carbons (Fsp3) is 0.312. The van der Waals surface area contributed by atoms with E-state index in [1.54, 1.807) is 25.1 Å². The second-order valence-electron chi connectivity index (χ2n) is 5.84. The van der Waals surface area contributed by atoms with Gasteiger partial charge in [0.1, 0.15) is 12.0 Å². The number of nitrogens with one attached hydrogen (secondary N) is 2. The molecule has 2 aromatic rings. The van der Waals surface area contributed by atoms with Gasteiger partial charge in [0, 0.05) is 11.7 Å². The normalized spacial score (nSPS) is 14.6. The molecule has 1 aromatic carbocycles. The number of hydrogen-bond donors (Lipinski definition) is 3. The van der Waals surface area contributed by atoms with Crippen molar-refractivity contribution in [3.63, 3.8) is 0 Å². The molecule has 1 aliphatic carbocycles. The van der Waals surface area contributed by atoms with Gasteiger partial charge < -0.3 is 15.5 Å². The lowest BCUT2D eigenvalue weighted by molar-refractivity contribution is 0.102. The highest BCUT2D eigenvalue weighted by Gasteiger charge is 2.29. The third-order valence-electron chi connectivity index (χ3n) is 3.75. The summed E-state index contributed by atoms with van der Waals surface area (Å²) in [6.07, 6.45) is 3.04. The second-order valence-corrected chi connectivity index (χ2v) is 7.52. The second kappa shape index (κ2) is 6.39. The van der Waals surface area contributed by atoms with Gasteiger partial charge in [-0.25, -0.2) is 13.1 Å². The van der Waals surface area contributed by atoms with Crippen LogP contribution in [0.4, 0.5) is 5.69 Å². The first-order valence-electron chi connectivity index (χ1n) is 7.61. The van der Waals surface area contributed by atoms with Crippen molar-refractivity contribution in [3.05, 3.63) is 47.4 Å². The lowest BCUT2D eigenvalue weighted by atomic mass is 10.2. The number of benzene rings is 1. The zero-order chi connectivity index (χ0) is 17.3. The van der Waals surface area contributed by atoms with Gasteiger partial charge in [-0.2, -0.15) is 0 Å². The number of hydrogen-bond acceptors (Lipinski definition) is 5. The van der Waals surface area contributed by atoms with Crippen LogP contribution in [-0.2, 0) is 16.6 Å². The van der Waals surface area contributed by atoms with E-state index in [2.05, 4.69) is 10.0 Å². The highest BCUT2D eigenvalue weighted by atomic mass is 32.2. The Labute approximate surface area is 140 Å². The quantitative estimate of drug-likeness (QED) is 0.735. The molecule has 1 aliphatic rings. The summed E-state index contributed by atoms with van der Waals surface area (Å²) in [5.74, 6) is 0.113. The maximum Gasteiger partial charge on any atom is 0.258 e. The lowest BCUT2D eigenvalue weighted by Gasteiger charge is -2.11. The summed E-state index contributed by atoms with van der Waals surface area (Å²) in [7, 11) is -3.59. The molecule has 8 heteroatoms. The molecule has 3 rings (SSSR count). The van der Waals surface area contributed by atoms with Crippen LogP contribution in [0.1, 0.15) is 34.5 Å². The van der Waals surface area contributed by atoms with E-state index in [9.17, 15) is 13.2 Å². The first kappa shape index (κ1) is 16.7. The third-order valence-corrected chi connectivity index (χ3v) is 5.41. The molecule has 0 atom stereocenters. The summed E-state index contributed by atoms with van der Waals surface area (Å²) in [5.41, 5.74) is 6.80. The van der Waals surface area contributed by atoms with Crippen molar-refractivity contribution in [2.24, 2.45) is 5.73 Å². The largest absolute Gasteiger partial charge is 0.467 e. The smallest absolute Gasteiger partial charge is 0.258 e. The zero-order valence-electron chi connectivity index (χ0n) is 13.2. The summed E-state index contributed by atoms with van der Waals surface area (Å²) in [4.78, 5) is 12.4. The zero-order valence-corrected chi connectivity index (χ0v) is 14.0. The Morgan fingerprint density at radius 3 is 2.71 bits per heavy atom. The molecule has 0 saturated heterocycles. The maximum absolute atomic E-state index is 12.4. The SMILES string of the molecule is Cc1ccc(NC(=O)c2coc(CN)c2)cc1S(=O)(=O)NC1CC1. The molecule has 1 aromatic heterocycles. The monoisotopic (exact) mass is 349 g/mol. The van der Waals surface area contributed by atoms with Gasteiger partial charge in [0.15, 0.2) is 0 Å². The first-order chi connectivity index (χ1) is 11.4. The molecule has 4 N–H and O–H groups in total. The van der Waals surface area contributed by atoms with E-state index in [0.717, 1.165) is 12.8 Å². The minimum Gasteiger partial charge on any atom is -0.467 e. The molecule has 0 radical (unpaired) electrons. The number of carbonyl (C=O) groups excluding carboxylic acids is 1. The molecule has 128 valence electrons. The third kappa shape index (κ3) is 3.66. The Hall–Kier alpha value is -2.16. The van der Waals surface area contributed by atoms with Crippen molar-refractivity contribution in [2.45, 2.75) is 37.2 Å². The predicted octanol–water partition coefficient (Wildman–Crippen LogP) is 1.74. The van der Waals surface area contributed by atoms with Crippen molar-refractivity contribution in [2.75, 3.05) is 5.32 Å². The number of carbonyl (C=O) groups is 1. The van der Waals surface area contributed by atoms with Crippen LogP contribution in [0.15, 0.2) is 39.8 Å². The molecule has 7 nitrogen and oxygen atoms in total. The number of sulfonamides is 1. The van der Waals surface area contributed by atoms with Gasteiger partial charge in [-0.05, 0) is 43.5 Å². The van der Waals surface area contributed by atoms with Gasteiger partial charge in [-0.1, -0.05) is 6.07 Å². The average Bonchev–Trinajstić information content (AvgIpc) is 3.20. The van der Waals surface area contributed by atoms with Crippen molar-refractivity contribution in [3.8, 4) is 0 Å². The molecule has 1 saturated carbocycles. The Balaban J connectivity index is 1.81. The van der Waals surface area contributed by atoms with Crippen LogP contribution in [0, 0.1) is 6.92 Å². The molecule has 0 spiro atoms. The van der Waals surface area contributed by atoms with Crippen molar-refractivity contribution >= 4 is 21.6 Å². The van der Waals surface area contributed by atoms with Gasteiger partial charge in [-0.15, -0.1) is 0 Å². The minimum absolute atomic E-state index is 0.0215. The highest BCUT2D eigenvalue weighted by molar-refractivity contribution is 7.89. The van der Waals surface area contributed by atoms with E-state index in [1.165, 1.54) is 12.3 Å². The summed E-state index contributed by atoms with van der Waals surface area (Å²) >= 11 is 0. The van der Waals surface area contributed by atoms with Gasteiger partial charge in [-0.3, -0.25) is 4.79 Å². The fourth-order valence-corrected chi connectivity index (χ4v) is 3.84. The fourth-order valence-electron chi connectivity index (χ4n) is 2.26. The topological polar surface area (TPSA) is 114 Å². The lowest BCUT2D eigenvalue weighted by Crippen LogP contribution is -2.26. The van der Waals surface area contributed by atoms with Gasteiger partial charge in [0.05, 0.1) is 17.0 Å². The Morgan fingerprint density at radius 1 is 1.33 bits per heavy atom. The summed E-state index contributed by atoms with van der Waals surface area (Å²) < 4.78 is 32.6. The van der Waals surface area contributed by atoms with E-state index in [4.69, 9.17) is 10.2 Å². The van der Waals surface area contributed by atoms with Crippen LogP contribution in [0.2, 0.25) is 0 Å². The highest BCUT2D eigenvalue weighted by Crippen LogP contribution is 2.25. The first-order valence-corrected chi connectivity index (χ1v) is 9.09. The van der Waals surface area contributed by atoms with E-state index < -0.39 is 10.0 Å². The molecule has 24 heavy (non-hydrogen) atoms. The Bertz CT molecular complexity index is 869. The van der Waals surface area contributed by atoms with E-state index >= 15 is 0 Å². The molecule has 0 bridgehead atoms. The van der Waals surface area contributed by atoms with Crippen LogP contribution >= 0.6 is 0 Å². The Kier molecular flexibility index (Phi) is 4.44. The number of anilines is 1. The van der Waals surface area contributed by atoms with Crippen LogP contribution in [0.25, 0.3) is 0 Å². The van der Waals surface area contributed by atoms with Crippen LogP contribution < -0.4 is 15.8 Å². The van der Waals surface area contributed by atoms with E-state index in [-0.39, 0.29) is 23.4 Å². The summed E-state index contributed by atoms with van der Waals surface area (Å²) in [5, 5.41) is 2.67. The number of amides is 1. The maximum atomic E-state index is 12.4. The molecule has 1 fully saturated rings. The molecule has 0 aliphatic heterocycles. The van der Waals surface area contributed by atoms with Crippen molar-refractivity contribution in [1.82, 2.24) is 4.72 Å². The van der Waals surface area contributed by atoms with Crippen LogP contribution in [-0.4, -0.2) is 20.4 Å². The van der Waals surface area contributed by atoms with Crippen LogP contribution in [0.5, 0.6) is 0 Å². The van der Waals surface area contributed by atoms with Gasteiger partial charge in [0.25, 0.3) is 5.91 Å². The minimum atomic E-state index is -3.59. The molecule has 1 heterocycles. The molecule has 1 amide bonds. The van der Waals surface area contributed by atoms with Crippen LogP contribution in [0.3, 0.4) is 0 Å². The van der Waals surface area contributed by atoms with Crippen molar-refractivity contribution < 1.29 is 17.6 Å². The van der Waals surface area contributed by atoms with Gasteiger partial charge in [0.2, 0.25) is 10.0 Å². The molecule has 0 unspecified atom stereocenters. The predicted molar refractivity (Wildman–Crippen MR) is 89.1 cm³/mol. The number of rotatable bonds is 6. The number of aryl methyl sites for hydroxylation is 1. The number of furan rings is 1. The summed E-state index contributed by atoms with van der Waals surface area (Å²) in [6.45, 7) is 1.92. The molecular weight excluding hydrogens is 330 g/mol. The Morgan fingerprint density at radius 2 is 2.08 bits per heavy atom. The van der Waals surface area contributed by atoms with E-state index in [0.29, 0.717) is 22.6 Å². The average molecular weight is 349 g/mol. The summed E-state index contributed by atoms with van der Waals surface area (Å²) in [6, 6.07) is 6.36. The molecular formula is C16H19N3O4S. The van der Waals surface area contributed by atoms with E-state index in [1.807, 2.05) is 0 Å². The van der Waals surface area contributed by atoms with Crippen molar-refractivity contribution in [1.29, 1.82) is 0 Å².